The van der Waals surface area contributed by atoms with Gasteiger partial charge in [-0.25, -0.2) is 0 Å². The highest BCUT2D eigenvalue weighted by molar-refractivity contribution is 6.31. The van der Waals surface area contributed by atoms with Gasteiger partial charge < -0.3 is 0 Å². The number of rotatable bonds is 5. The standard InChI is InChI=1S/C14H21Cl/c1-4-6-12(7-5-2)13-8-9-14(15)11(3)10-13/h8-10,12H,4-7H2,1-3H3. The lowest BCUT2D eigenvalue weighted by atomic mass is 9.90. The molecule has 0 aliphatic carbocycles. The van der Waals surface area contributed by atoms with Crippen LogP contribution in [0, 0.1) is 6.92 Å². The summed E-state index contributed by atoms with van der Waals surface area (Å²) in [7, 11) is 0. The van der Waals surface area contributed by atoms with E-state index in [-0.39, 0.29) is 0 Å². The van der Waals surface area contributed by atoms with E-state index in [1.165, 1.54) is 36.8 Å². The van der Waals surface area contributed by atoms with E-state index in [0.717, 1.165) is 10.9 Å². The van der Waals surface area contributed by atoms with Gasteiger partial charge in [0.1, 0.15) is 0 Å². The zero-order valence-corrected chi connectivity index (χ0v) is 10.8. The molecule has 0 saturated carbocycles. The first kappa shape index (κ1) is 12.6. The number of aryl methyl sites for hydroxylation is 1. The van der Waals surface area contributed by atoms with Crippen LogP contribution in [0.3, 0.4) is 0 Å². The number of halogens is 1. The van der Waals surface area contributed by atoms with Gasteiger partial charge in [0.2, 0.25) is 0 Å². The first-order valence-corrected chi connectivity index (χ1v) is 6.32. The highest BCUT2D eigenvalue weighted by Gasteiger charge is 2.10. The van der Waals surface area contributed by atoms with Crippen molar-refractivity contribution in [2.24, 2.45) is 0 Å². The SMILES string of the molecule is CCCC(CCC)c1ccc(Cl)c(C)c1. The van der Waals surface area contributed by atoms with E-state index in [1.807, 2.05) is 6.07 Å². The fourth-order valence-corrected chi connectivity index (χ4v) is 2.21. The molecule has 15 heavy (non-hydrogen) atoms. The third kappa shape index (κ3) is 3.53. The number of hydrogen-bond donors (Lipinski definition) is 0. The Labute approximate surface area is 98.7 Å². The Hall–Kier alpha value is -0.490. The summed E-state index contributed by atoms with van der Waals surface area (Å²) in [4.78, 5) is 0. The van der Waals surface area contributed by atoms with Gasteiger partial charge in [-0.1, -0.05) is 50.4 Å². The minimum atomic E-state index is 0.718. The quantitative estimate of drug-likeness (QED) is 0.634. The molecule has 0 spiro atoms. The maximum absolute atomic E-state index is 6.04. The van der Waals surface area contributed by atoms with Crippen molar-refractivity contribution in [2.75, 3.05) is 0 Å². The van der Waals surface area contributed by atoms with Crippen LogP contribution in [0.5, 0.6) is 0 Å². The predicted octanol–water partition coefficient (Wildman–Crippen LogP) is 5.33. The van der Waals surface area contributed by atoms with Crippen LogP contribution >= 0.6 is 11.6 Å². The maximum Gasteiger partial charge on any atom is 0.0435 e. The van der Waals surface area contributed by atoms with Crippen LogP contribution in [-0.2, 0) is 0 Å². The Kier molecular flexibility index (Phi) is 5.17. The van der Waals surface area contributed by atoms with Crippen molar-refractivity contribution in [3.8, 4) is 0 Å². The minimum Gasteiger partial charge on any atom is -0.0841 e. The monoisotopic (exact) mass is 224 g/mol. The largest absolute Gasteiger partial charge is 0.0841 e. The van der Waals surface area contributed by atoms with E-state index in [2.05, 4.69) is 32.9 Å². The highest BCUT2D eigenvalue weighted by Crippen LogP contribution is 2.28. The van der Waals surface area contributed by atoms with Crippen LogP contribution < -0.4 is 0 Å². The Morgan fingerprint density at radius 1 is 1.13 bits per heavy atom. The van der Waals surface area contributed by atoms with Crippen molar-refractivity contribution in [1.82, 2.24) is 0 Å². The van der Waals surface area contributed by atoms with Gasteiger partial charge in [-0.15, -0.1) is 0 Å². The molecular formula is C14H21Cl. The summed E-state index contributed by atoms with van der Waals surface area (Å²) in [6.45, 7) is 6.59. The zero-order chi connectivity index (χ0) is 11.3. The lowest BCUT2D eigenvalue weighted by Gasteiger charge is -2.16. The molecule has 0 fully saturated rings. The first-order valence-electron chi connectivity index (χ1n) is 5.95. The van der Waals surface area contributed by atoms with Crippen molar-refractivity contribution in [3.63, 3.8) is 0 Å². The van der Waals surface area contributed by atoms with Gasteiger partial charge in [0, 0.05) is 5.02 Å². The van der Waals surface area contributed by atoms with Gasteiger partial charge in [-0.2, -0.15) is 0 Å². The average molecular weight is 225 g/mol. The minimum absolute atomic E-state index is 0.718. The Balaban J connectivity index is 2.85. The lowest BCUT2D eigenvalue weighted by Crippen LogP contribution is -1.98. The molecule has 1 aromatic carbocycles. The molecule has 0 atom stereocenters. The smallest absolute Gasteiger partial charge is 0.0435 e. The van der Waals surface area contributed by atoms with Crippen molar-refractivity contribution in [1.29, 1.82) is 0 Å². The fraction of sp³-hybridized carbons (Fsp3) is 0.571. The third-order valence-corrected chi connectivity index (χ3v) is 3.35. The van der Waals surface area contributed by atoms with Crippen LogP contribution in [0.2, 0.25) is 5.02 Å². The molecule has 1 rings (SSSR count). The molecule has 0 N–H and O–H groups in total. The summed E-state index contributed by atoms with van der Waals surface area (Å²) in [6, 6.07) is 6.47. The first-order chi connectivity index (χ1) is 7.19. The van der Waals surface area contributed by atoms with Gasteiger partial charge in [-0.05, 0) is 42.9 Å². The van der Waals surface area contributed by atoms with Gasteiger partial charge in [0.15, 0.2) is 0 Å². The van der Waals surface area contributed by atoms with E-state index in [9.17, 15) is 0 Å². The molecule has 0 heterocycles. The second-order valence-electron chi connectivity index (χ2n) is 4.28. The van der Waals surface area contributed by atoms with E-state index in [4.69, 9.17) is 11.6 Å². The van der Waals surface area contributed by atoms with Gasteiger partial charge >= 0.3 is 0 Å². The van der Waals surface area contributed by atoms with Gasteiger partial charge in [-0.3, -0.25) is 0 Å². The van der Waals surface area contributed by atoms with Crippen molar-refractivity contribution >= 4 is 11.6 Å². The molecule has 1 heteroatoms. The molecule has 84 valence electrons. The van der Waals surface area contributed by atoms with E-state index in [0.29, 0.717) is 0 Å². The van der Waals surface area contributed by atoms with Crippen molar-refractivity contribution in [3.05, 3.63) is 34.3 Å². The summed E-state index contributed by atoms with van der Waals surface area (Å²) < 4.78 is 0. The molecule has 0 unspecified atom stereocenters. The maximum atomic E-state index is 6.04. The van der Waals surface area contributed by atoms with Crippen LogP contribution in [0.1, 0.15) is 56.6 Å². The number of benzene rings is 1. The molecule has 0 saturated heterocycles. The Morgan fingerprint density at radius 3 is 2.20 bits per heavy atom. The Morgan fingerprint density at radius 2 is 1.73 bits per heavy atom. The molecule has 0 amide bonds. The predicted molar refractivity (Wildman–Crippen MR) is 68.7 cm³/mol. The van der Waals surface area contributed by atoms with Crippen LogP contribution in [0.15, 0.2) is 18.2 Å². The summed E-state index contributed by atoms with van der Waals surface area (Å²) in [6.07, 6.45) is 5.09. The van der Waals surface area contributed by atoms with Crippen LogP contribution in [0.4, 0.5) is 0 Å². The topological polar surface area (TPSA) is 0 Å². The summed E-state index contributed by atoms with van der Waals surface area (Å²) in [5.74, 6) is 0.718. The Bertz CT molecular complexity index is 298. The van der Waals surface area contributed by atoms with E-state index in [1.54, 1.807) is 0 Å². The summed E-state index contributed by atoms with van der Waals surface area (Å²) in [5.41, 5.74) is 2.66. The lowest BCUT2D eigenvalue weighted by molar-refractivity contribution is 0.560. The molecule has 0 aliphatic heterocycles. The van der Waals surface area contributed by atoms with Crippen molar-refractivity contribution in [2.45, 2.75) is 52.4 Å². The molecule has 0 aromatic heterocycles. The molecule has 0 aliphatic rings. The van der Waals surface area contributed by atoms with Gasteiger partial charge in [0.05, 0.1) is 0 Å². The van der Waals surface area contributed by atoms with Crippen LogP contribution in [0.25, 0.3) is 0 Å². The highest BCUT2D eigenvalue weighted by atomic mass is 35.5. The van der Waals surface area contributed by atoms with Crippen LogP contribution in [-0.4, -0.2) is 0 Å². The molecule has 0 nitrogen and oxygen atoms in total. The number of hydrogen-bond acceptors (Lipinski definition) is 0. The second kappa shape index (κ2) is 6.17. The summed E-state index contributed by atoms with van der Waals surface area (Å²) >= 11 is 6.04. The third-order valence-electron chi connectivity index (χ3n) is 2.93. The zero-order valence-electron chi connectivity index (χ0n) is 10.0. The molecule has 1 aromatic rings. The van der Waals surface area contributed by atoms with E-state index >= 15 is 0 Å². The second-order valence-corrected chi connectivity index (χ2v) is 4.69. The molecular weight excluding hydrogens is 204 g/mol. The fourth-order valence-electron chi connectivity index (χ4n) is 2.10. The van der Waals surface area contributed by atoms with E-state index < -0.39 is 0 Å². The molecule has 0 radical (unpaired) electrons. The van der Waals surface area contributed by atoms with Gasteiger partial charge in [0.25, 0.3) is 0 Å². The van der Waals surface area contributed by atoms with Crippen molar-refractivity contribution < 1.29 is 0 Å². The average Bonchev–Trinajstić information content (AvgIpc) is 2.22. The normalized spacial score (nSPS) is 11.0. The summed E-state index contributed by atoms with van der Waals surface area (Å²) in [5, 5.41) is 0.880. The molecule has 0 bridgehead atoms.